The van der Waals surface area contributed by atoms with Gasteiger partial charge in [0.1, 0.15) is 0 Å². The zero-order chi connectivity index (χ0) is 17.6. The molecule has 0 aromatic rings. The van der Waals surface area contributed by atoms with Gasteiger partial charge < -0.3 is 15.5 Å². The Kier molecular flexibility index (Phi) is 8.68. The van der Waals surface area contributed by atoms with Crippen molar-refractivity contribution in [2.45, 2.75) is 83.2 Å². The Balaban J connectivity index is 0.00000243. The summed E-state index contributed by atoms with van der Waals surface area (Å²) in [5.41, 5.74) is 0. The molecule has 2 aliphatic carbocycles. The van der Waals surface area contributed by atoms with E-state index in [1.807, 2.05) is 4.90 Å². The average molecular weight is 386 g/mol. The van der Waals surface area contributed by atoms with Crippen molar-refractivity contribution in [1.82, 2.24) is 15.5 Å². The largest absolute Gasteiger partial charge is 0.353 e. The number of nitrogens with one attached hydrogen (secondary N) is 2. The Morgan fingerprint density at radius 2 is 1.73 bits per heavy atom. The fourth-order valence-electron chi connectivity index (χ4n) is 4.82. The first-order valence-electron chi connectivity index (χ1n) is 10.4. The van der Waals surface area contributed by atoms with Gasteiger partial charge in [0.05, 0.1) is 0 Å². The van der Waals surface area contributed by atoms with Crippen LogP contribution < -0.4 is 10.6 Å². The van der Waals surface area contributed by atoms with Gasteiger partial charge in [0.2, 0.25) is 11.8 Å². The summed E-state index contributed by atoms with van der Waals surface area (Å²) in [6, 6.07) is 0.676. The van der Waals surface area contributed by atoms with Gasteiger partial charge in [0.15, 0.2) is 0 Å². The van der Waals surface area contributed by atoms with Crippen molar-refractivity contribution in [3.63, 3.8) is 0 Å². The first kappa shape index (κ1) is 21.5. The minimum atomic E-state index is 0. The molecule has 2 N–H and O–H groups in total. The Labute approximate surface area is 164 Å². The van der Waals surface area contributed by atoms with E-state index in [4.69, 9.17) is 0 Å². The van der Waals surface area contributed by atoms with E-state index < -0.39 is 0 Å². The molecule has 5 nitrogen and oxygen atoms in total. The third kappa shape index (κ3) is 6.12. The molecule has 0 radical (unpaired) electrons. The van der Waals surface area contributed by atoms with E-state index in [0.29, 0.717) is 24.3 Å². The van der Waals surface area contributed by atoms with Crippen molar-refractivity contribution in [3.8, 4) is 0 Å². The lowest BCUT2D eigenvalue weighted by Gasteiger charge is -2.36. The van der Waals surface area contributed by atoms with Gasteiger partial charge in [-0.3, -0.25) is 9.59 Å². The Morgan fingerprint density at radius 3 is 2.38 bits per heavy atom. The van der Waals surface area contributed by atoms with Crippen molar-refractivity contribution >= 4 is 24.2 Å². The fraction of sp³-hybridized carbons (Fsp3) is 0.900. The van der Waals surface area contributed by atoms with Crippen molar-refractivity contribution in [3.05, 3.63) is 0 Å². The van der Waals surface area contributed by atoms with E-state index in [9.17, 15) is 9.59 Å². The van der Waals surface area contributed by atoms with E-state index in [0.717, 1.165) is 45.3 Å². The molecule has 26 heavy (non-hydrogen) atoms. The van der Waals surface area contributed by atoms with Crippen LogP contribution in [0.25, 0.3) is 0 Å². The highest BCUT2D eigenvalue weighted by Crippen LogP contribution is 2.28. The zero-order valence-corrected chi connectivity index (χ0v) is 17.0. The summed E-state index contributed by atoms with van der Waals surface area (Å²) >= 11 is 0. The molecule has 2 amide bonds. The second kappa shape index (κ2) is 10.5. The molecule has 1 heterocycles. The molecule has 0 spiro atoms. The topological polar surface area (TPSA) is 61.4 Å². The summed E-state index contributed by atoms with van der Waals surface area (Å²) in [6.45, 7) is 4.70. The molecule has 2 saturated carbocycles. The maximum atomic E-state index is 12.7. The van der Waals surface area contributed by atoms with Crippen LogP contribution in [0.4, 0.5) is 0 Å². The van der Waals surface area contributed by atoms with Gasteiger partial charge in [0, 0.05) is 44.1 Å². The molecule has 3 rings (SSSR count). The van der Waals surface area contributed by atoms with Crippen LogP contribution >= 0.6 is 12.4 Å². The molecule has 1 atom stereocenters. The van der Waals surface area contributed by atoms with E-state index in [2.05, 4.69) is 17.6 Å². The smallest absolute Gasteiger partial charge is 0.225 e. The normalized spacial score (nSPS) is 30.3. The molecule has 150 valence electrons. The number of hydrogen-bond donors (Lipinski definition) is 2. The van der Waals surface area contributed by atoms with Crippen LogP contribution in [-0.2, 0) is 9.59 Å². The van der Waals surface area contributed by atoms with Crippen LogP contribution in [0.1, 0.15) is 71.1 Å². The summed E-state index contributed by atoms with van der Waals surface area (Å²) < 4.78 is 0. The van der Waals surface area contributed by atoms with Crippen LogP contribution in [-0.4, -0.2) is 48.4 Å². The Morgan fingerprint density at radius 1 is 1.04 bits per heavy atom. The van der Waals surface area contributed by atoms with Gasteiger partial charge in [-0.1, -0.05) is 19.3 Å². The number of hydrogen-bond acceptors (Lipinski definition) is 3. The SMILES string of the molecule is CC1CN(C(=O)C2CCC(NC(=O)CC3CCCCC3)CC2)CCN1.Cl. The molecular formula is C20H36ClN3O2. The summed E-state index contributed by atoms with van der Waals surface area (Å²) in [5.74, 6) is 1.33. The molecule has 1 aliphatic heterocycles. The molecule has 6 heteroatoms. The van der Waals surface area contributed by atoms with Gasteiger partial charge in [-0.05, 0) is 51.4 Å². The van der Waals surface area contributed by atoms with Crippen molar-refractivity contribution < 1.29 is 9.59 Å². The number of amides is 2. The number of nitrogens with zero attached hydrogens (tertiary/aromatic N) is 1. The molecule has 3 fully saturated rings. The van der Waals surface area contributed by atoms with Gasteiger partial charge in [-0.25, -0.2) is 0 Å². The average Bonchev–Trinajstić information content (AvgIpc) is 2.62. The maximum Gasteiger partial charge on any atom is 0.225 e. The molecule has 0 aromatic heterocycles. The molecule has 1 unspecified atom stereocenters. The van der Waals surface area contributed by atoms with Crippen molar-refractivity contribution in [2.75, 3.05) is 19.6 Å². The van der Waals surface area contributed by atoms with Crippen LogP contribution in [0.5, 0.6) is 0 Å². The highest BCUT2D eigenvalue weighted by atomic mass is 35.5. The van der Waals surface area contributed by atoms with E-state index >= 15 is 0 Å². The lowest BCUT2D eigenvalue weighted by atomic mass is 9.84. The Bertz CT molecular complexity index is 460. The minimum Gasteiger partial charge on any atom is -0.353 e. The number of piperazine rings is 1. The molecule has 1 saturated heterocycles. The molecule has 3 aliphatic rings. The van der Waals surface area contributed by atoms with Crippen molar-refractivity contribution in [2.24, 2.45) is 11.8 Å². The predicted octanol–water partition coefficient (Wildman–Crippen LogP) is 2.87. The van der Waals surface area contributed by atoms with Gasteiger partial charge in [-0.15, -0.1) is 12.4 Å². The minimum absolute atomic E-state index is 0. The van der Waals surface area contributed by atoms with Gasteiger partial charge in [0.25, 0.3) is 0 Å². The van der Waals surface area contributed by atoms with Crippen LogP contribution in [0.3, 0.4) is 0 Å². The standard InChI is InChI=1S/C20H35N3O2.ClH/c1-15-14-23(12-11-21-15)20(25)17-7-9-18(10-8-17)22-19(24)13-16-5-3-2-4-6-16;/h15-18,21H,2-14H2,1H3,(H,22,24);1H. The van der Waals surface area contributed by atoms with E-state index in [-0.39, 0.29) is 30.3 Å². The maximum absolute atomic E-state index is 12.7. The summed E-state index contributed by atoms with van der Waals surface area (Å²) in [5, 5.41) is 6.63. The number of carbonyl (C=O) groups is 2. The number of carbonyl (C=O) groups excluding carboxylic acids is 2. The molecule has 0 bridgehead atoms. The Hall–Kier alpha value is -0.810. The summed E-state index contributed by atoms with van der Waals surface area (Å²) in [4.78, 5) is 27.0. The zero-order valence-electron chi connectivity index (χ0n) is 16.2. The predicted molar refractivity (Wildman–Crippen MR) is 106 cm³/mol. The molecular weight excluding hydrogens is 350 g/mol. The highest BCUT2D eigenvalue weighted by molar-refractivity contribution is 5.85. The third-order valence-corrected chi connectivity index (χ3v) is 6.32. The first-order chi connectivity index (χ1) is 12.1. The second-order valence-corrected chi connectivity index (χ2v) is 8.46. The quantitative estimate of drug-likeness (QED) is 0.782. The molecule has 0 aromatic carbocycles. The monoisotopic (exact) mass is 385 g/mol. The lowest BCUT2D eigenvalue weighted by Crippen LogP contribution is -2.53. The summed E-state index contributed by atoms with van der Waals surface area (Å²) in [6.07, 6.45) is 10.8. The van der Waals surface area contributed by atoms with Gasteiger partial charge >= 0.3 is 0 Å². The number of rotatable bonds is 4. The first-order valence-corrected chi connectivity index (χ1v) is 10.4. The van der Waals surface area contributed by atoms with Gasteiger partial charge in [-0.2, -0.15) is 0 Å². The highest BCUT2D eigenvalue weighted by Gasteiger charge is 2.31. The van der Waals surface area contributed by atoms with Crippen LogP contribution in [0.2, 0.25) is 0 Å². The van der Waals surface area contributed by atoms with E-state index in [1.54, 1.807) is 0 Å². The summed E-state index contributed by atoms with van der Waals surface area (Å²) in [7, 11) is 0. The van der Waals surface area contributed by atoms with Crippen molar-refractivity contribution in [1.29, 1.82) is 0 Å². The third-order valence-electron chi connectivity index (χ3n) is 6.32. The van der Waals surface area contributed by atoms with E-state index in [1.165, 1.54) is 32.1 Å². The second-order valence-electron chi connectivity index (χ2n) is 8.46. The lowest BCUT2D eigenvalue weighted by molar-refractivity contribution is -0.137. The van der Waals surface area contributed by atoms with Crippen LogP contribution in [0.15, 0.2) is 0 Å². The van der Waals surface area contributed by atoms with Crippen LogP contribution in [0, 0.1) is 11.8 Å². The number of halogens is 1. The fourth-order valence-corrected chi connectivity index (χ4v) is 4.82.